The largest absolute Gasteiger partial charge is 0.495 e. The number of hydrogen-bond acceptors (Lipinski definition) is 4. The van der Waals surface area contributed by atoms with Crippen LogP contribution < -0.4 is 15.4 Å². The van der Waals surface area contributed by atoms with Gasteiger partial charge in [-0.05, 0) is 58.2 Å². The number of carbonyl (C=O) groups excluding carboxylic acids is 2. The molecule has 1 aliphatic rings. The van der Waals surface area contributed by atoms with Crippen molar-refractivity contribution < 1.29 is 14.3 Å². The highest BCUT2D eigenvalue weighted by Gasteiger charge is 2.31. The summed E-state index contributed by atoms with van der Waals surface area (Å²) in [4.78, 5) is 26.2. The Morgan fingerprint density at radius 1 is 1.24 bits per heavy atom. The third-order valence-electron chi connectivity index (χ3n) is 4.71. The molecule has 1 aromatic carbocycles. The van der Waals surface area contributed by atoms with Crippen molar-refractivity contribution >= 4 is 23.2 Å². The van der Waals surface area contributed by atoms with Crippen LogP contribution >= 0.6 is 0 Å². The van der Waals surface area contributed by atoms with E-state index in [1.807, 2.05) is 11.8 Å². The molecule has 0 radical (unpaired) electrons. The van der Waals surface area contributed by atoms with Crippen LogP contribution in [0.1, 0.15) is 47.0 Å². The van der Waals surface area contributed by atoms with E-state index in [0.717, 1.165) is 12.8 Å². The average Bonchev–Trinajstić information content (AvgIpc) is 2.54. The number of benzene rings is 1. The first kappa shape index (κ1) is 19.1. The van der Waals surface area contributed by atoms with Gasteiger partial charge in [-0.25, -0.2) is 0 Å². The molecular formula is C19H29N3O3. The van der Waals surface area contributed by atoms with Gasteiger partial charge < -0.3 is 20.3 Å². The molecule has 0 unspecified atom stereocenters. The molecule has 1 heterocycles. The van der Waals surface area contributed by atoms with Crippen LogP contribution in [0.25, 0.3) is 0 Å². The number of amides is 2. The summed E-state index contributed by atoms with van der Waals surface area (Å²) >= 11 is 0. The van der Waals surface area contributed by atoms with E-state index in [4.69, 9.17) is 4.74 Å². The van der Waals surface area contributed by atoms with Gasteiger partial charge in [0.15, 0.2) is 0 Å². The van der Waals surface area contributed by atoms with E-state index in [9.17, 15) is 9.59 Å². The lowest BCUT2D eigenvalue weighted by molar-refractivity contribution is -0.137. The van der Waals surface area contributed by atoms with Crippen molar-refractivity contribution in [1.82, 2.24) is 4.90 Å². The fourth-order valence-electron chi connectivity index (χ4n) is 3.48. The van der Waals surface area contributed by atoms with Gasteiger partial charge in [-0.15, -0.1) is 0 Å². The number of methoxy groups -OCH3 is 1. The molecule has 0 bridgehead atoms. The molecule has 2 amide bonds. The summed E-state index contributed by atoms with van der Waals surface area (Å²) in [5.41, 5.74) is 1.35. The van der Waals surface area contributed by atoms with Crippen molar-refractivity contribution in [3.05, 3.63) is 18.2 Å². The number of anilines is 2. The van der Waals surface area contributed by atoms with Gasteiger partial charge in [0.05, 0.1) is 12.8 Å². The lowest BCUT2D eigenvalue weighted by Gasteiger charge is -2.40. The second-order valence-corrected chi connectivity index (χ2v) is 6.84. The zero-order valence-corrected chi connectivity index (χ0v) is 15.8. The lowest BCUT2D eigenvalue weighted by Crippen LogP contribution is -2.52. The molecular weight excluding hydrogens is 318 g/mol. The summed E-state index contributed by atoms with van der Waals surface area (Å²) in [5.74, 6) is 0.580. The van der Waals surface area contributed by atoms with Crippen molar-refractivity contribution in [3.63, 3.8) is 0 Å². The van der Waals surface area contributed by atoms with E-state index in [2.05, 4.69) is 24.5 Å². The summed E-state index contributed by atoms with van der Waals surface area (Å²) < 4.78 is 5.37. The number of likely N-dealkylation sites (tertiary alicyclic amines) is 1. The molecule has 138 valence electrons. The molecule has 0 spiro atoms. The molecule has 1 aromatic rings. The predicted molar refractivity (Wildman–Crippen MR) is 100 cm³/mol. The molecule has 1 fully saturated rings. The van der Waals surface area contributed by atoms with Gasteiger partial charge in [0, 0.05) is 24.7 Å². The molecule has 2 N–H and O–H groups in total. The molecule has 6 heteroatoms. The molecule has 0 aliphatic carbocycles. The van der Waals surface area contributed by atoms with Crippen LogP contribution in [-0.2, 0) is 9.59 Å². The van der Waals surface area contributed by atoms with E-state index < -0.39 is 0 Å². The maximum atomic E-state index is 12.9. The van der Waals surface area contributed by atoms with Crippen molar-refractivity contribution in [2.24, 2.45) is 0 Å². The maximum absolute atomic E-state index is 12.9. The van der Waals surface area contributed by atoms with E-state index in [1.54, 1.807) is 25.3 Å². The van der Waals surface area contributed by atoms with E-state index in [0.29, 0.717) is 17.1 Å². The third-order valence-corrected chi connectivity index (χ3v) is 4.71. The summed E-state index contributed by atoms with van der Waals surface area (Å²) in [5, 5.41) is 5.99. The Balaban J connectivity index is 2.16. The number of ether oxygens (including phenoxy) is 1. The second kappa shape index (κ2) is 8.23. The Morgan fingerprint density at radius 3 is 2.44 bits per heavy atom. The van der Waals surface area contributed by atoms with Gasteiger partial charge in [-0.1, -0.05) is 0 Å². The number of hydrogen-bond donors (Lipinski definition) is 2. The number of carbonyl (C=O) groups is 2. The minimum Gasteiger partial charge on any atom is -0.495 e. The summed E-state index contributed by atoms with van der Waals surface area (Å²) in [6.07, 6.45) is 3.26. The third kappa shape index (κ3) is 4.65. The van der Waals surface area contributed by atoms with Crippen LogP contribution in [-0.4, -0.2) is 41.9 Å². The molecule has 3 atom stereocenters. The molecule has 2 rings (SSSR count). The highest BCUT2D eigenvalue weighted by molar-refractivity contribution is 5.90. The lowest BCUT2D eigenvalue weighted by atomic mass is 9.96. The highest BCUT2D eigenvalue weighted by Crippen LogP contribution is 2.29. The van der Waals surface area contributed by atoms with Crippen molar-refractivity contribution in [3.8, 4) is 5.75 Å². The molecule has 0 aromatic heterocycles. The van der Waals surface area contributed by atoms with E-state index in [-0.39, 0.29) is 29.9 Å². The minimum absolute atomic E-state index is 0.0895. The van der Waals surface area contributed by atoms with Crippen LogP contribution in [0.4, 0.5) is 11.4 Å². The molecule has 6 nitrogen and oxygen atoms in total. The summed E-state index contributed by atoms with van der Waals surface area (Å²) in [6.45, 7) is 7.54. The maximum Gasteiger partial charge on any atom is 0.245 e. The summed E-state index contributed by atoms with van der Waals surface area (Å²) in [7, 11) is 1.58. The van der Waals surface area contributed by atoms with E-state index in [1.165, 1.54) is 13.3 Å². The molecule has 1 aliphatic heterocycles. The Bertz CT molecular complexity index is 622. The minimum atomic E-state index is -0.385. The second-order valence-electron chi connectivity index (χ2n) is 6.84. The van der Waals surface area contributed by atoms with Crippen molar-refractivity contribution in [2.45, 2.75) is 65.1 Å². The molecule has 1 saturated heterocycles. The first-order chi connectivity index (χ1) is 11.8. The highest BCUT2D eigenvalue weighted by atomic mass is 16.5. The van der Waals surface area contributed by atoms with Crippen LogP contribution in [0.2, 0.25) is 0 Å². The first-order valence-corrected chi connectivity index (χ1v) is 8.87. The quantitative estimate of drug-likeness (QED) is 0.858. The number of nitrogens with one attached hydrogen (secondary N) is 2. The average molecular weight is 347 g/mol. The van der Waals surface area contributed by atoms with Crippen LogP contribution in [0.3, 0.4) is 0 Å². The monoisotopic (exact) mass is 347 g/mol. The standard InChI is InChI=1S/C19H29N3O3/c1-12-7-6-8-13(2)22(12)19(24)14(3)20-17-11-16(21-15(4)23)9-10-18(17)25-5/h9-14,20H,6-8H2,1-5H3,(H,21,23)/t12-,13-,14-/m1/s1. The van der Waals surface area contributed by atoms with Gasteiger partial charge in [-0.2, -0.15) is 0 Å². The number of piperidine rings is 1. The summed E-state index contributed by atoms with van der Waals surface area (Å²) in [6, 6.07) is 5.46. The van der Waals surface area contributed by atoms with Gasteiger partial charge in [0.2, 0.25) is 11.8 Å². The predicted octanol–water partition coefficient (Wildman–Crippen LogP) is 3.24. The topological polar surface area (TPSA) is 70.7 Å². The first-order valence-electron chi connectivity index (χ1n) is 8.87. The Labute approximate surface area is 149 Å². The van der Waals surface area contributed by atoms with Gasteiger partial charge in [-0.3, -0.25) is 9.59 Å². The van der Waals surface area contributed by atoms with Crippen molar-refractivity contribution in [2.75, 3.05) is 17.7 Å². The fraction of sp³-hybridized carbons (Fsp3) is 0.579. The normalized spacial score (nSPS) is 21.4. The number of rotatable bonds is 5. The van der Waals surface area contributed by atoms with E-state index >= 15 is 0 Å². The zero-order chi connectivity index (χ0) is 18.6. The van der Waals surface area contributed by atoms with Gasteiger partial charge >= 0.3 is 0 Å². The smallest absolute Gasteiger partial charge is 0.245 e. The van der Waals surface area contributed by atoms with Crippen molar-refractivity contribution in [1.29, 1.82) is 0 Å². The van der Waals surface area contributed by atoms with Gasteiger partial charge in [0.1, 0.15) is 11.8 Å². The van der Waals surface area contributed by atoms with Crippen LogP contribution in [0, 0.1) is 0 Å². The van der Waals surface area contributed by atoms with Crippen LogP contribution in [0.15, 0.2) is 18.2 Å². The Kier molecular flexibility index (Phi) is 6.28. The van der Waals surface area contributed by atoms with Crippen LogP contribution in [0.5, 0.6) is 5.75 Å². The SMILES string of the molecule is COc1ccc(NC(C)=O)cc1N[C@H](C)C(=O)N1[C@H](C)CCC[C@H]1C. The Hall–Kier alpha value is -2.24. The van der Waals surface area contributed by atoms with Gasteiger partial charge in [0.25, 0.3) is 0 Å². The molecule has 0 saturated carbocycles. The molecule has 25 heavy (non-hydrogen) atoms. The fourth-order valence-corrected chi connectivity index (χ4v) is 3.48. The Morgan fingerprint density at radius 2 is 1.88 bits per heavy atom. The zero-order valence-electron chi connectivity index (χ0n) is 15.8. The number of nitrogens with zero attached hydrogens (tertiary/aromatic N) is 1.